The van der Waals surface area contributed by atoms with E-state index in [1.807, 2.05) is 6.07 Å². The zero-order valence-electron chi connectivity index (χ0n) is 13.4. The molecule has 0 unspecified atom stereocenters. The molecule has 0 atom stereocenters. The zero-order valence-corrected chi connectivity index (χ0v) is 13.4. The number of piperidine rings is 1. The quantitative estimate of drug-likeness (QED) is 0.922. The third kappa shape index (κ3) is 3.46. The van der Waals surface area contributed by atoms with Gasteiger partial charge in [-0.2, -0.15) is 5.10 Å². The van der Waals surface area contributed by atoms with Crippen molar-refractivity contribution in [2.24, 2.45) is 0 Å². The number of H-pyrrole nitrogens is 1. The van der Waals surface area contributed by atoms with Crippen LogP contribution >= 0.6 is 0 Å². The molecule has 2 heterocycles. The first kappa shape index (κ1) is 14.8. The predicted molar refractivity (Wildman–Crippen MR) is 88.0 cm³/mol. The van der Waals surface area contributed by atoms with Gasteiger partial charge in [-0.1, -0.05) is 30.3 Å². The highest BCUT2D eigenvalue weighted by molar-refractivity contribution is 5.13. The number of aromatic amines is 1. The molecule has 2 aromatic rings. The minimum atomic E-state index is 0.437. The van der Waals surface area contributed by atoms with Gasteiger partial charge in [-0.25, -0.2) is 4.98 Å². The molecule has 0 amide bonds. The summed E-state index contributed by atoms with van der Waals surface area (Å²) in [5.41, 5.74) is 1.27. The number of hydrogen-bond acceptors (Lipinski definition) is 4. The number of likely N-dealkylation sites (tertiary alicyclic amines) is 1. The summed E-state index contributed by atoms with van der Waals surface area (Å²) < 4.78 is 6.02. The minimum Gasteiger partial charge on any atom is -0.373 e. The molecule has 0 spiro atoms. The highest BCUT2D eigenvalue weighted by atomic mass is 16.5. The van der Waals surface area contributed by atoms with Crippen LogP contribution in [0.5, 0.6) is 0 Å². The van der Waals surface area contributed by atoms with Crippen LogP contribution in [-0.2, 0) is 11.3 Å². The van der Waals surface area contributed by atoms with Crippen LogP contribution in [0.15, 0.2) is 36.7 Å². The zero-order chi connectivity index (χ0) is 15.5. The number of ether oxygens (including phenoxy) is 1. The fourth-order valence-corrected chi connectivity index (χ4v) is 3.71. The second-order valence-corrected chi connectivity index (χ2v) is 6.72. The van der Waals surface area contributed by atoms with Crippen molar-refractivity contribution in [1.29, 1.82) is 0 Å². The number of aromatic nitrogens is 3. The Morgan fingerprint density at radius 1 is 1.13 bits per heavy atom. The first-order chi connectivity index (χ1) is 11.4. The van der Waals surface area contributed by atoms with Gasteiger partial charge >= 0.3 is 0 Å². The summed E-state index contributed by atoms with van der Waals surface area (Å²) in [5, 5.41) is 6.99. The van der Waals surface area contributed by atoms with Crippen molar-refractivity contribution in [2.45, 2.75) is 50.4 Å². The van der Waals surface area contributed by atoms with E-state index in [2.05, 4.69) is 44.3 Å². The smallest absolute Gasteiger partial charge is 0.137 e. The second-order valence-electron chi connectivity index (χ2n) is 6.72. The molecular formula is C18H24N4O. The standard InChI is InChI=1S/C18H24N4O/c1-2-4-14(5-3-1)12-23-17-10-16(11-17)22-8-6-15(7-9-22)18-19-13-20-21-18/h1-5,13,15-17H,6-12H2,(H,19,20,21). The Kier molecular flexibility index (Phi) is 4.39. The van der Waals surface area contributed by atoms with E-state index in [-0.39, 0.29) is 0 Å². The van der Waals surface area contributed by atoms with Gasteiger partial charge in [0.05, 0.1) is 12.7 Å². The Labute approximate surface area is 137 Å². The largest absolute Gasteiger partial charge is 0.373 e. The molecule has 1 aliphatic heterocycles. The van der Waals surface area contributed by atoms with Crippen LogP contribution in [0.1, 0.15) is 43.0 Å². The van der Waals surface area contributed by atoms with Gasteiger partial charge in [-0.3, -0.25) is 5.10 Å². The van der Waals surface area contributed by atoms with E-state index in [1.165, 1.54) is 44.3 Å². The van der Waals surface area contributed by atoms with Crippen molar-refractivity contribution in [1.82, 2.24) is 20.1 Å². The molecule has 1 aromatic heterocycles. The van der Waals surface area contributed by atoms with Crippen LogP contribution in [-0.4, -0.2) is 45.3 Å². The summed E-state index contributed by atoms with van der Waals surface area (Å²) >= 11 is 0. The molecule has 1 aromatic carbocycles. The lowest BCUT2D eigenvalue weighted by Crippen LogP contribution is -2.50. The topological polar surface area (TPSA) is 54.0 Å². The van der Waals surface area contributed by atoms with Gasteiger partial charge in [-0.05, 0) is 44.3 Å². The van der Waals surface area contributed by atoms with Gasteiger partial charge in [0.15, 0.2) is 0 Å². The number of benzene rings is 1. The summed E-state index contributed by atoms with van der Waals surface area (Å²) in [5.74, 6) is 1.61. The molecule has 4 rings (SSSR count). The van der Waals surface area contributed by atoms with Crippen LogP contribution < -0.4 is 0 Å². The maximum atomic E-state index is 6.02. The third-order valence-electron chi connectivity index (χ3n) is 5.26. The molecule has 1 aliphatic carbocycles. The second kappa shape index (κ2) is 6.81. The van der Waals surface area contributed by atoms with E-state index in [0.717, 1.165) is 12.4 Å². The van der Waals surface area contributed by atoms with Crippen molar-refractivity contribution >= 4 is 0 Å². The summed E-state index contributed by atoms with van der Waals surface area (Å²) in [6, 6.07) is 11.2. The summed E-state index contributed by atoms with van der Waals surface area (Å²) in [6.45, 7) is 3.08. The first-order valence-electron chi connectivity index (χ1n) is 8.63. The fraction of sp³-hybridized carbons (Fsp3) is 0.556. The van der Waals surface area contributed by atoms with Crippen LogP contribution in [0.4, 0.5) is 0 Å². The van der Waals surface area contributed by atoms with Crippen molar-refractivity contribution in [3.05, 3.63) is 48.0 Å². The van der Waals surface area contributed by atoms with Crippen LogP contribution in [0.2, 0.25) is 0 Å². The van der Waals surface area contributed by atoms with Crippen LogP contribution in [0.3, 0.4) is 0 Å². The van der Waals surface area contributed by atoms with Crippen molar-refractivity contribution in [2.75, 3.05) is 13.1 Å². The molecule has 122 valence electrons. The van der Waals surface area contributed by atoms with Gasteiger partial charge in [-0.15, -0.1) is 0 Å². The molecule has 1 saturated carbocycles. The summed E-state index contributed by atoms with van der Waals surface area (Å²) in [7, 11) is 0. The molecule has 5 heteroatoms. The Bertz CT molecular complexity index is 587. The average Bonchev–Trinajstić information content (AvgIpc) is 3.09. The molecule has 2 fully saturated rings. The van der Waals surface area contributed by atoms with Gasteiger partial charge < -0.3 is 9.64 Å². The van der Waals surface area contributed by atoms with Crippen molar-refractivity contribution in [3.63, 3.8) is 0 Å². The average molecular weight is 312 g/mol. The summed E-state index contributed by atoms with van der Waals surface area (Å²) in [4.78, 5) is 6.94. The maximum Gasteiger partial charge on any atom is 0.137 e. The van der Waals surface area contributed by atoms with E-state index in [1.54, 1.807) is 6.33 Å². The lowest BCUT2D eigenvalue weighted by molar-refractivity contribution is -0.0634. The van der Waals surface area contributed by atoms with E-state index >= 15 is 0 Å². The minimum absolute atomic E-state index is 0.437. The maximum absolute atomic E-state index is 6.02. The summed E-state index contributed by atoms with van der Waals surface area (Å²) in [6.07, 6.45) is 6.77. The Morgan fingerprint density at radius 2 is 1.91 bits per heavy atom. The number of nitrogens with one attached hydrogen (secondary N) is 1. The number of nitrogens with zero attached hydrogens (tertiary/aromatic N) is 3. The van der Waals surface area contributed by atoms with E-state index in [0.29, 0.717) is 18.1 Å². The normalized spacial score (nSPS) is 26.1. The monoisotopic (exact) mass is 312 g/mol. The van der Waals surface area contributed by atoms with Crippen molar-refractivity contribution in [3.8, 4) is 0 Å². The molecule has 1 saturated heterocycles. The Hall–Kier alpha value is -1.72. The van der Waals surface area contributed by atoms with Crippen LogP contribution in [0, 0.1) is 0 Å². The lowest BCUT2D eigenvalue weighted by Gasteiger charge is -2.45. The fourth-order valence-electron chi connectivity index (χ4n) is 3.71. The number of hydrogen-bond donors (Lipinski definition) is 1. The molecule has 5 nitrogen and oxygen atoms in total. The Balaban J connectivity index is 1.18. The van der Waals surface area contributed by atoms with Gasteiger partial charge in [0.25, 0.3) is 0 Å². The van der Waals surface area contributed by atoms with Crippen LogP contribution in [0.25, 0.3) is 0 Å². The predicted octanol–water partition coefficient (Wildman–Crippen LogP) is 2.73. The Morgan fingerprint density at radius 3 is 2.61 bits per heavy atom. The highest BCUT2D eigenvalue weighted by Gasteiger charge is 2.36. The van der Waals surface area contributed by atoms with Gasteiger partial charge in [0.1, 0.15) is 12.2 Å². The SMILES string of the molecule is c1ccc(COC2CC(N3CCC(c4ncn[nH]4)CC3)C2)cc1. The molecular weight excluding hydrogens is 288 g/mol. The van der Waals surface area contributed by atoms with Gasteiger partial charge in [0, 0.05) is 12.0 Å². The van der Waals surface area contributed by atoms with E-state index in [4.69, 9.17) is 4.74 Å². The van der Waals surface area contributed by atoms with E-state index in [9.17, 15) is 0 Å². The lowest BCUT2D eigenvalue weighted by atomic mass is 9.85. The number of rotatable bonds is 5. The third-order valence-corrected chi connectivity index (χ3v) is 5.26. The van der Waals surface area contributed by atoms with Crippen molar-refractivity contribution < 1.29 is 4.74 Å². The van der Waals surface area contributed by atoms with E-state index < -0.39 is 0 Å². The molecule has 1 N–H and O–H groups in total. The molecule has 23 heavy (non-hydrogen) atoms. The first-order valence-corrected chi connectivity index (χ1v) is 8.63. The molecule has 0 bridgehead atoms. The highest BCUT2D eigenvalue weighted by Crippen LogP contribution is 2.33. The molecule has 0 radical (unpaired) electrons. The van der Waals surface area contributed by atoms with Gasteiger partial charge in [0.2, 0.25) is 0 Å². The molecule has 2 aliphatic rings.